The van der Waals surface area contributed by atoms with Gasteiger partial charge in [-0.15, -0.1) is 11.3 Å². The number of thiophene rings is 1. The zero-order valence-electron chi connectivity index (χ0n) is 11.1. The van der Waals surface area contributed by atoms with Crippen LogP contribution in [0.25, 0.3) is 0 Å². The van der Waals surface area contributed by atoms with Gasteiger partial charge in [-0.2, -0.15) is 0 Å². The Morgan fingerprint density at radius 1 is 1.44 bits per heavy atom. The molecule has 1 aliphatic carbocycles. The van der Waals surface area contributed by atoms with Gasteiger partial charge in [0.1, 0.15) is 5.60 Å². The maximum Gasteiger partial charge on any atom is 0.336 e. The van der Waals surface area contributed by atoms with Crippen molar-refractivity contribution < 1.29 is 15.0 Å². The number of aromatic carboxylic acids is 1. The largest absolute Gasteiger partial charge is 0.478 e. The van der Waals surface area contributed by atoms with Gasteiger partial charge < -0.3 is 10.2 Å². The Labute approximate surface area is 111 Å². The number of carboxylic acid groups (broad SMARTS) is 1. The number of hydrogen-bond donors (Lipinski definition) is 2. The third kappa shape index (κ3) is 2.45. The molecule has 0 aromatic carbocycles. The number of rotatable bonds is 2. The van der Waals surface area contributed by atoms with Gasteiger partial charge >= 0.3 is 5.97 Å². The fraction of sp³-hybridized carbons (Fsp3) is 0.643. The van der Waals surface area contributed by atoms with E-state index in [1.807, 2.05) is 0 Å². The molecule has 2 rings (SSSR count). The Bertz CT molecular complexity index is 463. The molecule has 1 fully saturated rings. The van der Waals surface area contributed by atoms with Crippen LogP contribution in [0, 0.1) is 11.3 Å². The van der Waals surface area contributed by atoms with Crippen LogP contribution in [0.2, 0.25) is 0 Å². The summed E-state index contributed by atoms with van der Waals surface area (Å²) in [4.78, 5) is 11.8. The van der Waals surface area contributed by atoms with E-state index in [-0.39, 0.29) is 11.0 Å². The fourth-order valence-electron chi connectivity index (χ4n) is 3.54. The van der Waals surface area contributed by atoms with Crippen LogP contribution in [0.15, 0.2) is 11.4 Å². The van der Waals surface area contributed by atoms with Crippen LogP contribution in [0.5, 0.6) is 0 Å². The maximum absolute atomic E-state index is 11.2. The van der Waals surface area contributed by atoms with Crippen molar-refractivity contribution in [3.05, 3.63) is 21.9 Å². The molecule has 3 nitrogen and oxygen atoms in total. The zero-order valence-corrected chi connectivity index (χ0v) is 11.9. The molecule has 0 saturated heterocycles. The van der Waals surface area contributed by atoms with Gasteiger partial charge in [-0.05, 0) is 42.0 Å². The van der Waals surface area contributed by atoms with Gasteiger partial charge in [-0.3, -0.25) is 0 Å². The molecule has 0 radical (unpaired) electrons. The molecule has 0 aliphatic heterocycles. The Morgan fingerprint density at radius 3 is 2.67 bits per heavy atom. The molecule has 1 aliphatic rings. The van der Waals surface area contributed by atoms with Gasteiger partial charge in [0.15, 0.2) is 0 Å². The third-order valence-electron chi connectivity index (χ3n) is 3.68. The minimum atomic E-state index is -0.983. The summed E-state index contributed by atoms with van der Waals surface area (Å²) in [7, 11) is 0. The maximum atomic E-state index is 11.2. The van der Waals surface area contributed by atoms with Gasteiger partial charge in [0.05, 0.1) is 10.4 Å². The summed E-state index contributed by atoms with van der Waals surface area (Å²) in [5.41, 5.74) is -0.678. The monoisotopic (exact) mass is 268 g/mol. The molecule has 1 aromatic rings. The molecular weight excluding hydrogens is 248 g/mol. The first-order valence-electron chi connectivity index (χ1n) is 6.27. The number of hydrogen-bond acceptors (Lipinski definition) is 3. The molecule has 0 spiro atoms. The van der Waals surface area contributed by atoms with Crippen LogP contribution in [0.1, 0.15) is 55.3 Å². The molecule has 100 valence electrons. The first kappa shape index (κ1) is 13.6. The van der Waals surface area contributed by atoms with E-state index in [0.717, 1.165) is 6.42 Å². The molecule has 2 unspecified atom stereocenters. The quantitative estimate of drug-likeness (QED) is 0.863. The van der Waals surface area contributed by atoms with Gasteiger partial charge in [0.25, 0.3) is 0 Å². The smallest absolute Gasteiger partial charge is 0.336 e. The SMILES string of the molecule is CC1CC(C)(C)CC(O)(c2sccc2C(=O)O)C1. The van der Waals surface area contributed by atoms with E-state index in [2.05, 4.69) is 20.8 Å². The zero-order chi connectivity index (χ0) is 13.6. The van der Waals surface area contributed by atoms with Crippen LogP contribution in [0.3, 0.4) is 0 Å². The minimum Gasteiger partial charge on any atom is -0.478 e. The van der Waals surface area contributed by atoms with E-state index in [1.54, 1.807) is 11.4 Å². The molecule has 0 bridgehead atoms. The summed E-state index contributed by atoms with van der Waals surface area (Å²) >= 11 is 1.36. The lowest BCUT2D eigenvalue weighted by atomic mass is 9.65. The van der Waals surface area contributed by atoms with Crippen LogP contribution in [-0.2, 0) is 5.60 Å². The lowest BCUT2D eigenvalue weighted by Crippen LogP contribution is -2.40. The highest BCUT2D eigenvalue weighted by Crippen LogP contribution is 2.50. The second-order valence-corrected chi connectivity index (χ2v) is 7.27. The highest BCUT2D eigenvalue weighted by Gasteiger charge is 2.45. The predicted molar refractivity (Wildman–Crippen MR) is 72.0 cm³/mol. The summed E-state index contributed by atoms with van der Waals surface area (Å²) in [6, 6.07) is 1.59. The van der Waals surface area contributed by atoms with E-state index in [9.17, 15) is 15.0 Å². The number of aliphatic hydroxyl groups is 1. The normalized spacial score (nSPS) is 31.2. The summed E-state index contributed by atoms with van der Waals surface area (Å²) in [5, 5.41) is 21.9. The van der Waals surface area contributed by atoms with Crippen LogP contribution in [-0.4, -0.2) is 16.2 Å². The molecule has 4 heteroatoms. The first-order chi connectivity index (χ1) is 8.23. The highest BCUT2D eigenvalue weighted by molar-refractivity contribution is 7.10. The van der Waals surface area contributed by atoms with Crippen molar-refractivity contribution in [1.82, 2.24) is 0 Å². The number of carboxylic acids is 1. The van der Waals surface area contributed by atoms with Crippen molar-refractivity contribution in [2.45, 2.75) is 45.6 Å². The van der Waals surface area contributed by atoms with Crippen molar-refractivity contribution in [3.8, 4) is 0 Å². The topological polar surface area (TPSA) is 57.5 Å². The van der Waals surface area contributed by atoms with E-state index in [0.29, 0.717) is 23.6 Å². The van der Waals surface area contributed by atoms with Gasteiger partial charge in [0.2, 0.25) is 0 Å². The molecule has 0 amide bonds. The van der Waals surface area contributed by atoms with Crippen molar-refractivity contribution >= 4 is 17.3 Å². The van der Waals surface area contributed by atoms with Crippen molar-refractivity contribution in [2.24, 2.45) is 11.3 Å². The standard InChI is InChI=1S/C14H20O3S/c1-9-6-13(2,3)8-14(17,7-9)11-10(12(15)16)4-5-18-11/h4-5,9,17H,6-8H2,1-3H3,(H,15,16). The predicted octanol–water partition coefficient (Wildman–Crippen LogP) is 3.48. The average Bonchev–Trinajstić information content (AvgIpc) is 2.61. The van der Waals surface area contributed by atoms with Gasteiger partial charge in [-0.25, -0.2) is 4.79 Å². The Hall–Kier alpha value is -0.870. The Kier molecular flexibility index (Phi) is 3.28. The lowest BCUT2D eigenvalue weighted by Gasteiger charge is -2.44. The third-order valence-corrected chi connectivity index (χ3v) is 4.78. The van der Waals surface area contributed by atoms with Gasteiger partial charge in [0, 0.05) is 0 Å². The second kappa shape index (κ2) is 4.35. The van der Waals surface area contributed by atoms with E-state index in [4.69, 9.17) is 0 Å². The Morgan fingerprint density at radius 2 is 2.11 bits per heavy atom. The van der Waals surface area contributed by atoms with E-state index in [1.165, 1.54) is 11.3 Å². The Balaban J connectivity index is 2.41. The van der Waals surface area contributed by atoms with Crippen LogP contribution in [0.4, 0.5) is 0 Å². The average molecular weight is 268 g/mol. The number of carbonyl (C=O) groups is 1. The minimum absolute atomic E-state index is 0.0478. The van der Waals surface area contributed by atoms with Crippen LogP contribution < -0.4 is 0 Å². The summed E-state index contributed by atoms with van der Waals surface area (Å²) < 4.78 is 0. The van der Waals surface area contributed by atoms with Crippen LogP contribution >= 0.6 is 11.3 Å². The van der Waals surface area contributed by atoms with Crippen molar-refractivity contribution in [2.75, 3.05) is 0 Å². The molecule has 2 atom stereocenters. The van der Waals surface area contributed by atoms with E-state index < -0.39 is 11.6 Å². The molecule has 2 N–H and O–H groups in total. The molecule has 18 heavy (non-hydrogen) atoms. The summed E-state index contributed by atoms with van der Waals surface area (Å²) in [6.07, 6.45) is 2.35. The highest BCUT2D eigenvalue weighted by atomic mass is 32.1. The molecular formula is C14H20O3S. The van der Waals surface area contributed by atoms with Crippen molar-refractivity contribution in [1.29, 1.82) is 0 Å². The fourth-order valence-corrected chi connectivity index (χ4v) is 4.54. The molecule has 1 aromatic heterocycles. The lowest BCUT2D eigenvalue weighted by molar-refractivity contribution is -0.0614. The van der Waals surface area contributed by atoms with E-state index >= 15 is 0 Å². The molecule has 1 saturated carbocycles. The van der Waals surface area contributed by atoms with Gasteiger partial charge in [-0.1, -0.05) is 20.8 Å². The summed E-state index contributed by atoms with van der Waals surface area (Å²) in [5.74, 6) is -0.543. The van der Waals surface area contributed by atoms with Crippen molar-refractivity contribution in [3.63, 3.8) is 0 Å². The molecule has 1 heterocycles. The summed E-state index contributed by atoms with van der Waals surface area (Å²) in [6.45, 7) is 6.41. The second-order valence-electron chi connectivity index (χ2n) is 6.35. The first-order valence-corrected chi connectivity index (χ1v) is 7.15.